The summed E-state index contributed by atoms with van der Waals surface area (Å²) >= 11 is 3.05. The van der Waals surface area contributed by atoms with Crippen molar-refractivity contribution in [1.29, 1.82) is 0 Å². The van der Waals surface area contributed by atoms with Crippen molar-refractivity contribution in [3.63, 3.8) is 0 Å². The zero-order chi connectivity index (χ0) is 19.6. The van der Waals surface area contributed by atoms with Gasteiger partial charge >= 0.3 is 0 Å². The summed E-state index contributed by atoms with van der Waals surface area (Å²) in [4.78, 5) is 20.8. The molecule has 1 aromatic carbocycles. The molecule has 0 saturated carbocycles. The van der Waals surface area contributed by atoms with Gasteiger partial charge in [-0.15, -0.1) is 0 Å². The molecule has 0 aliphatic heterocycles. The lowest BCUT2D eigenvalue weighted by atomic mass is 10.1. The minimum atomic E-state index is -0.0259. The van der Waals surface area contributed by atoms with Crippen LogP contribution in [-0.4, -0.2) is 41.0 Å². The molecule has 146 valence electrons. The van der Waals surface area contributed by atoms with Crippen LogP contribution in [0, 0.1) is 0 Å². The van der Waals surface area contributed by atoms with Crippen LogP contribution in [0.25, 0.3) is 11.3 Å². The van der Waals surface area contributed by atoms with Gasteiger partial charge in [0.05, 0.1) is 30.6 Å². The third kappa shape index (κ3) is 6.31. The van der Waals surface area contributed by atoms with Crippen LogP contribution in [0.2, 0.25) is 0 Å². The Labute approximate surface area is 172 Å². The van der Waals surface area contributed by atoms with E-state index < -0.39 is 0 Å². The number of ether oxygens (including phenoxy) is 1. The number of nitrogens with zero attached hydrogens (tertiary/aromatic N) is 2. The quantitative estimate of drug-likeness (QED) is 0.306. The molecule has 3 rings (SSSR count). The molecule has 8 heteroatoms. The van der Waals surface area contributed by atoms with Gasteiger partial charge in [-0.1, -0.05) is 11.8 Å². The normalized spacial score (nSPS) is 10.6. The lowest BCUT2D eigenvalue weighted by Gasteiger charge is -2.06. The number of benzene rings is 1. The van der Waals surface area contributed by atoms with E-state index in [1.807, 2.05) is 42.5 Å². The van der Waals surface area contributed by atoms with Crippen LogP contribution in [0.4, 0.5) is 0 Å². The molecule has 2 heterocycles. The number of carbonyl (C=O) groups is 1. The first-order valence-electron chi connectivity index (χ1n) is 8.71. The van der Waals surface area contributed by atoms with Crippen molar-refractivity contribution in [2.45, 2.75) is 10.9 Å². The Balaban J connectivity index is 1.40. The van der Waals surface area contributed by atoms with E-state index in [1.165, 1.54) is 11.8 Å². The molecule has 1 amide bonds. The number of methoxy groups -OCH3 is 1. The van der Waals surface area contributed by atoms with Crippen molar-refractivity contribution < 1.29 is 13.9 Å². The Morgan fingerprint density at radius 1 is 1.21 bits per heavy atom. The van der Waals surface area contributed by atoms with Crippen molar-refractivity contribution in [2.24, 2.45) is 0 Å². The molecular formula is C20H21N3O3S2. The number of carbonyl (C=O) groups excluding carboxylic acids is 1. The molecule has 0 aliphatic rings. The monoisotopic (exact) mass is 415 g/mol. The fourth-order valence-corrected chi connectivity index (χ4v) is 3.76. The first-order valence-corrected chi connectivity index (χ1v) is 10.9. The topological polar surface area (TPSA) is 77.2 Å². The van der Waals surface area contributed by atoms with E-state index in [0.717, 1.165) is 34.3 Å². The number of hydrogen-bond donors (Lipinski definition) is 1. The first kappa shape index (κ1) is 20.3. The van der Waals surface area contributed by atoms with E-state index in [-0.39, 0.29) is 11.7 Å². The van der Waals surface area contributed by atoms with Gasteiger partial charge in [-0.2, -0.15) is 11.8 Å². The summed E-state index contributed by atoms with van der Waals surface area (Å²) in [6.07, 6.45) is 3.37. The molecule has 0 atom stereocenters. The van der Waals surface area contributed by atoms with Crippen molar-refractivity contribution in [1.82, 2.24) is 15.3 Å². The number of thioether (sulfide) groups is 2. The predicted octanol–water partition coefficient (Wildman–Crippen LogP) is 3.89. The largest absolute Gasteiger partial charge is 0.497 e. The zero-order valence-corrected chi connectivity index (χ0v) is 17.1. The van der Waals surface area contributed by atoms with Gasteiger partial charge in [0, 0.05) is 24.1 Å². The second-order valence-corrected chi connectivity index (χ2v) is 7.77. The number of aromatic nitrogens is 2. The lowest BCUT2D eigenvalue weighted by Crippen LogP contribution is -2.27. The zero-order valence-electron chi connectivity index (χ0n) is 15.5. The van der Waals surface area contributed by atoms with Crippen LogP contribution in [0.15, 0.2) is 64.5 Å². The summed E-state index contributed by atoms with van der Waals surface area (Å²) in [7, 11) is 1.64. The molecule has 0 bridgehead atoms. The van der Waals surface area contributed by atoms with Crippen LogP contribution in [0.5, 0.6) is 5.75 Å². The van der Waals surface area contributed by atoms with Gasteiger partial charge < -0.3 is 14.5 Å². The molecule has 2 aromatic heterocycles. The molecule has 1 N–H and O–H groups in total. The second kappa shape index (κ2) is 10.8. The van der Waals surface area contributed by atoms with Crippen molar-refractivity contribution in [3.8, 4) is 17.0 Å². The Kier molecular flexibility index (Phi) is 7.81. The summed E-state index contributed by atoms with van der Waals surface area (Å²) < 4.78 is 10.4. The molecule has 3 aromatic rings. The lowest BCUT2D eigenvalue weighted by molar-refractivity contribution is -0.118. The Morgan fingerprint density at radius 2 is 2.07 bits per heavy atom. The van der Waals surface area contributed by atoms with Crippen molar-refractivity contribution >= 4 is 29.4 Å². The van der Waals surface area contributed by atoms with Crippen molar-refractivity contribution in [3.05, 3.63) is 60.7 Å². The minimum Gasteiger partial charge on any atom is -0.497 e. The van der Waals surface area contributed by atoms with E-state index in [1.54, 1.807) is 31.3 Å². The minimum absolute atomic E-state index is 0.0259. The molecule has 0 aliphatic carbocycles. The Morgan fingerprint density at radius 3 is 2.82 bits per heavy atom. The van der Waals surface area contributed by atoms with Gasteiger partial charge in [-0.3, -0.25) is 4.79 Å². The fraction of sp³-hybridized carbons (Fsp3) is 0.250. The maximum absolute atomic E-state index is 12.0. The van der Waals surface area contributed by atoms with Crippen molar-refractivity contribution in [2.75, 3.05) is 25.2 Å². The number of hydrogen-bond acceptors (Lipinski definition) is 7. The molecule has 0 fully saturated rings. The highest BCUT2D eigenvalue weighted by Gasteiger charge is 2.07. The summed E-state index contributed by atoms with van der Waals surface area (Å²) in [6.45, 7) is 0.623. The van der Waals surface area contributed by atoms with E-state index >= 15 is 0 Å². The first-order chi connectivity index (χ1) is 13.7. The van der Waals surface area contributed by atoms with Gasteiger partial charge in [0.2, 0.25) is 5.91 Å². The second-order valence-electron chi connectivity index (χ2n) is 5.72. The van der Waals surface area contributed by atoms with E-state index in [9.17, 15) is 4.79 Å². The van der Waals surface area contributed by atoms with Gasteiger partial charge in [0.15, 0.2) is 5.16 Å². The Hall–Kier alpha value is -2.45. The average molecular weight is 416 g/mol. The molecule has 28 heavy (non-hydrogen) atoms. The number of amides is 1. The SMILES string of the molecule is COc1ccc(-c2ccnc(SCC(=O)NCCSCc3ccco3)n2)cc1. The smallest absolute Gasteiger partial charge is 0.230 e. The standard InChI is InChI=1S/C20H21N3O3S2/c1-25-16-6-4-15(5-7-16)18-8-9-22-20(23-18)28-14-19(24)21-10-12-27-13-17-3-2-11-26-17/h2-9,11H,10,12-14H2,1H3,(H,21,24). The highest BCUT2D eigenvalue weighted by molar-refractivity contribution is 7.99. The van der Waals surface area contributed by atoms with Gasteiger partial charge in [-0.25, -0.2) is 9.97 Å². The van der Waals surface area contributed by atoms with Crippen LogP contribution in [-0.2, 0) is 10.5 Å². The molecule has 0 spiro atoms. The number of rotatable bonds is 10. The molecular weight excluding hydrogens is 394 g/mol. The molecule has 0 radical (unpaired) electrons. The van der Waals surface area contributed by atoms with Gasteiger partial charge in [0.25, 0.3) is 0 Å². The molecule has 0 unspecified atom stereocenters. The third-order valence-electron chi connectivity index (χ3n) is 3.74. The van der Waals surface area contributed by atoms with Crippen LogP contribution < -0.4 is 10.1 Å². The predicted molar refractivity (Wildman–Crippen MR) is 113 cm³/mol. The number of nitrogens with one attached hydrogen (secondary N) is 1. The van der Waals surface area contributed by atoms with Gasteiger partial charge in [-0.05, 0) is 42.5 Å². The average Bonchev–Trinajstić information content (AvgIpc) is 3.26. The van der Waals surface area contributed by atoms with Crippen LogP contribution in [0.3, 0.4) is 0 Å². The molecule has 0 saturated heterocycles. The van der Waals surface area contributed by atoms with E-state index in [4.69, 9.17) is 9.15 Å². The maximum atomic E-state index is 12.0. The summed E-state index contributed by atoms with van der Waals surface area (Å²) in [5, 5.41) is 3.49. The molecule has 6 nitrogen and oxygen atoms in total. The third-order valence-corrected chi connectivity index (χ3v) is 5.59. The van der Waals surface area contributed by atoms with Gasteiger partial charge in [0.1, 0.15) is 11.5 Å². The van der Waals surface area contributed by atoms with Crippen LogP contribution in [0.1, 0.15) is 5.76 Å². The number of furan rings is 1. The summed E-state index contributed by atoms with van der Waals surface area (Å²) in [6, 6.07) is 13.3. The highest BCUT2D eigenvalue weighted by atomic mass is 32.2. The summed E-state index contributed by atoms with van der Waals surface area (Å²) in [5.74, 6) is 3.65. The summed E-state index contributed by atoms with van der Waals surface area (Å²) in [5.41, 5.74) is 1.79. The fourth-order valence-electron chi connectivity index (χ4n) is 2.34. The Bertz CT molecular complexity index is 871. The van der Waals surface area contributed by atoms with Crippen LogP contribution >= 0.6 is 23.5 Å². The maximum Gasteiger partial charge on any atom is 0.230 e. The van der Waals surface area contributed by atoms with E-state index in [0.29, 0.717) is 11.7 Å². The van der Waals surface area contributed by atoms with E-state index in [2.05, 4.69) is 15.3 Å². The highest BCUT2D eigenvalue weighted by Crippen LogP contribution is 2.22.